The van der Waals surface area contributed by atoms with Crippen LogP contribution in [0.5, 0.6) is 0 Å². The summed E-state index contributed by atoms with van der Waals surface area (Å²) in [6.07, 6.45) is 1.94. The summed E-state index contributed by atoms with van der Waals surface area (Å²) in [6, 6.07) is 5.75. The van der Waals surface area contributed by atoms with E-state index in [1.807, 2.05) is 13.0 Å². The predicted octanol–water partition coefficient (Wildman–Crippen LogP) is 2.11. The molecule has 8 nitrogen and oxygen atoms in total. The van der Waals surface area contributed by atoms with E-state index in [1.165, 1.54) is 40.9 Å². The molecule has 0 aliphatic carbocycles. The maximum atomic E-state index is 12.3. The summed E-state index contributed by atoms with van der Waals surface area (Å²) in [4.78, 5) is 36.1. The Kier molecular flexibility index (Phi) is 4.04. The number of epoxide rings is 1. The molecule has 134 valence electrons. The number of esters is 1. The molecule has 26 heavy (non-hydrogen) atoms. The highest BCUT2D eigenvalue weighted by atomic mass is 32.2. The van der Waals surface area contributed by atoms with E-state index >= 15 is 0 Å². The SMILES string of the molecule is CC1OC1C=C1C(=O)N2C(C(=O)OCc3ccc([N+](=O)[O-])cc3)=CS[C@H]12. The molecule has 3 atom stereocenters. The number of ether oxygens (including phenoxy) is 2. The topological polar surface area (TPSA) is 102 Å². The number of carbonyl (C=O) groups excluding carboxylic acids is 2. The molecule has 0 N–H and O–H groups in total. The number of nitro benzene ring substituents is 1. The number of fused-ring (bicyclic) bond motifs is 1. The number of nitro groups is 1. The van der Waals surface area contributed by atoms with Gasteiger partial charge in [-0.2, -0.15) is 0 Å². The van der Waals surface area contributed by atoms with Crippen LogP contribution in [0.2, 0.25) is 0 Å². The molecule has 9 heteroatoms. The zero-order valence-corrected chi connectivity index (χ0v) is 14.5. The molecular weight excluding hydrogens is 360 g/mol. The third-order valence-corrected chi connectivity index (χ3v) is 5.44. The summed E-state index contributed by atoms with van der Waals surface area (Å²) < 4.78 is 10.5. The number of hydrogen-bond acceptors (Lipinski definition) is 7. The highest BCUT2D eigenvalue weighted by Crippen LogP contribution is 2.45. The smallest absolute Gasteiger partial charge is 0.355 e. The first-order valence-electron chi connectivity index (χ1n) is 7.92. The van der Waals surface area contributed by atoms with Crippen LogP contribution in [0.15, 0.2) is 47.0 Å². The van der Waals surface area contributed by atoms with Gasteiger partial charge in [-0.05, 0) is 30.7 Å². The summed E-state index contributed by atoms with van der Waals surface area (Å²) >= 11 is 1.38. The monoisotopic (exact) mass is 374 g/mol. The Morgan fingerprint density at radius 3 is 2.73 bits per heavy atom. The Bertz CT molecular complexity index is 863. The van der Waals surface area contributed by atoms with E-state index in [2.05, 4.69) is 0 Å². The number of nitrogens with zero attached hydrogens (tertiary/aromatic N) is 2. The van der Waals surface area contributed by atoms with Gasteiger partial charge in [0, 0.05) is 23.1 Å². The van der Waals surface area contributed by atoms with E-state index in [-0.39, 0.29) is 41.5 Å². The Morgan fingerprint density at radius 1 is 1.42 bits per heavy atom. The fraction of sp³-hybridized carbons (Fsp3) is 0.294. The third kappa shape index (κ3) is 2.89. The first-order chi connectivity index (χ1) is 12.5. The van der Waals surface area contributed by atoms with Gasteiger partial charge in [0.15, 0.2) is 0 Å². The van der Waals surface area contributed by atoms with E-state index < -0.39 is 10.9 Å². The number of benzene rings is 1. The first kappa shape index (κ1) is 16.8. The average molecular weight is 374 g/mol. The lowest BCUT2D eigenvalue weighted by atomic mass is 10.0. The van der Waals surface area contributed by atoms with E-state index in [4.69, 9.17) is 9.47 Å². The first-order valence-corrected chi connectivity index (χ1v) is 8.87. The molecule has 3 aliphatic heterocycles. The van der Waals surface area contributed by atoms with Crippen molar-refractivity contribution in [3.63, 3.8) is 0 Å². The molecular formula is C17H14N2O6S. The highest BCUT2D eigenvalue weighted by molar-refractivity contribution is 8.03. The van der Waals surface area contributed by atoms with Crippen molar-refractivity contribution in [2.45, 2.75) is 31.1 Å². The van der Waals surface area contributed by atoms with Gasteiger partial charge in [0.25, 0.3) is 11.6 Å². The second-order valence-electron chi connectivity index (χ2n) is 6.09. The molecule has 1 aromatic carbocycles. The number of amides is 1. The van der Waals surface area contributed by atoms with E-state index in [9.17, 15) is 19.7 Å². The molecule has 3 heterocycles. The molecule has 3 aliphatic rings. The van der Waals surface area contributed by atoms with Gasteiger partial charge in [-0.1, -0.05) is 0 Å². The molecule has 2 saturated heterocycles. The minimum atomic E-state index is -0.596. The number of β-lactam (4-membered cyclic amide) rings is 1. The van der Waals surface area contributed by atoms with E-state index in [0.29, 0.717) is 11.1 Å². The van der Waals surface area contributed by atoms with Gasteiger partial charge in [-0.15, -0.1) is 11.8 Å². The van der Waals surface area contributed by atoms with E-state index in [0.717, 1.165) is 0 Å². The molecule has 0 radical (unpaired) electrons. The van der Waals surface area contributed by atoms with Crippen molar-refractivity contribution in [3.05, 3.63) is 62.7 Å². The molecule has 1 amide bonds. The minimum absolute atomic E-state index is 0.0187. The van der Waals surface area contributed by atoms with Crippen LogP contribution in [-0.4, -0.2) is 39.3 Å². The van der Waals surface area contributed by atoms with Crippen LogP contribution in [0, 0.1) is 10.1 Å². The van der Waals surface area contributed by atoms with Crippen molar-refractivity contribution in [3.8, 4) is 0 Å². The largest absolute Gasteiger partial charge is 0.456 e. The Hall–Kier alpha value is -2.65. The van der Waals surface area contributed by atoms with Gasteiger partial charge in [-0.3, -0.25) is 19.8 Å². The lowest BCUT2D eigenvalue weighted by Gasteiger charge is -2.37. The van der Waals surface area contributed by atoms with Gasteiger partial charge in [0.2, 0.25) is 0 Å². The molecule has 0 spiro atoms. The molecule has 2 fully saturated rings. The summed E-state index contributed by atoms with van der Waals surface area (Å²) in [5.41, 5.74) is 1.46. The highest BCUT2D eigenvalue weighted by Gasteiger charge is 2.51. The van der Waals surface area contributed by atoms with E-state index in [1.54, 1.807) is 5.41 Å². The maximum absolute atomic E-state index is 12.3. The number of non-ortho nitro benzene ring substituents is 1. The van der Waals surface area contributed by atoms with Crippen LogP contribution in [0.3, 0.4) is 0 Å². The standard InChI is InChI=1S/C17H14N2O6S/c1-9-14(25-9)6-12-15(20)18-13(8-26-16(12)18)17(21)24-7-10-2-4-11(5-3-10)19(22)23/h2-6,8-9,14,16H,7H2,1H3/t9?,14?,16-/m1/s1. The lowest BCUT2D eigenvalue weighted by molar-refractivity contribution is -0.384. The lowest BCUT2D eigenvalue weighted by Crippen LogP contribution is -2.51. The minimum Gasteiger partial charge on any atom is -0.456 e. The summed E-state index contributed by atoms with van der Waals surface area (Å²) in [5.74, 6) is -0.803. The van der Waals surface area contributed by atoms with Crippen molar-refractivity contribution in [2.75, 3.05) is 0 Å². The van der Waals surface area contributed by atoms with Gasteiger partial charge < -0.3 is 9.47 Å². The predicted molar refractivity (Wildman–Crippen MR) is 91.6 cm³/mol. The second kappa shape index (κ2) is 6.26. The average Bonchev–Trinajstić information content (AvgIpc) is 3.18. The fourth-order valence-electron chi connectivity index (χ4n) is 2.77. The van der Waals surface area contributed by atoms with Crippen LogP contribution in [0.25, 0.3) is 0 Å². The van der Waals surface area contributed by atoms with Crippen molar-refractivity contribution in [1.82, 2.24) is 4.90 Å². The molecule has 0 bridgehead atoms. The Balaban J connectivity index is 1.35. The van der Waals surface area contributed by atoms with Crippen LogP contribution in [0.1, 0.15) is 12.5 Å². The fourth-order valence-corrected chi connectivity index (χ4v) is 3.90. The third-order valence-electron chi connectivity index (χ3n) is 4.36. The van der Waals surface area contributed by atoms with Crippen molar-refractivity contribution in [2.24, 2.45) is 0 Å². The summed E-state index contributed by atoms with van der Waals surface area (Å²) in [5, 5.41) is 12.1. The quantitative estimate of drug-likeness (QED) is 0.194. The van der Waals surface area contributed by atoms with Crippen molar-refractivity contribution < 1.29 is 24.0 Å². The second-order valence-corrected chi connectivity index (χ2v) is 7.05. The number of rotatable bonds is 5. The molecule has 2 unspecified atom stereocenters. The van der Waals surface area contributed by atoms with Gasteiger partial charge >= 0.3 is 5.97 Å². The number of thioether (sulfide) groups is 1. The Morgan fingerprint density at radius 2 is 2.12 bits per heavy atom. The molecule has 0 aromatic heterocycles. The maximum Gasteiger partial charge on any atom is 0.355 e. The van der Waals surface area contributed by atoms with Gasteiger partial charge in [0.05, 0.1) is 11.0 Å². The normalized spacial score (nSPS) is 27.7. The molecule has 1 aromatic rings. The zero-order valence-electron chi connectivity index (χ0n) is 13.7. The van der Waals surface area contributed by atoms with Crippen molar-refractivity contribution >= 4 is 29.3 Å². The van der Waals surface area contributed by atoms with Crippen LogP contribution in [0.4, 0.5) is 5.69 Å². The van der Waals surface area contributed by atoms with Gasteiger partial charge in [0.1, 0.15) is 23.8 Å². The molecule has 4 rings (SSSR count). The van der Waals surface area contributed by atoms with Crippen LogP contribution < -0.4 is 0 Å². The molecule has 0 saturated carbocycles. The van der Waals surface area contributed by atoms with Crippen molar-refractivity contribution in [1.29, 1.82) is 0 Å². The van der Waals surface area contributed by atoms with Gasteiger partial charge in [-0.25, -0.2) is 4.79 Å². The van der Waals surface area contributed by atoms with Crippen LogP contribution >= 0.6 is 11.8 Å². The summed E-state index contributed by atoms with van der Waals surface area (Å²) in [7, 11) is 0. The Labute approximate surface area is 152 Å². The van der Waals surface area contributed by atoms with Crippen LogP contribution in [-0.2, 0) is 25.7 Å². The summed E-state index contributed by atoms with van der Waals surface area (Å²) in [6.45, 7) is 1.91. The zero-order chi connectivity index (χ0) is 18.4. The number of hydrogen-bond donors (Lipinski definition) is 0. The number of carbonyl (C=O) groups is 2.